The SMILES string of the molecule is CC1C(C2C=C3CC4CC5(CCCC5)CC45CC4CC6(C)C(c7ccoc7CC(C(O)CO)C7CCC8C(C=CN9CNCC89)C7)OC(=O)C7OC76C6(C7CCCC(Cc8ccccc8)C7)C(O)C(=O)C7C2(C)OC32C5C(=O)OCC72C46)C=CC2CCCCC21. The van der Waals surface area contributed by atoms with Crippen molar-refractivity contribution in [3.05, 3.63) is 95.6 Å². The van der Waals surface area contributed by atoms with Gasteiger partial charge in [-0.1, -0.05) is 107 Å². The number of furan rings is 1. The van der Waals surface area contributed by atoms with Crippen LogP contribution in [0, 0.1) is 122 Å². The van der Waals surface area contributed by atoms with E-state index in [0.29, 0.717) is 54.2 Å². The fraction of sp³-hybridized carbons (Fsp3) is 0.753. The van der Waals surface area contributed by atoms with Crippen molar-refractivity contribution in [2.24, 2.45) is 122 Å². The predicted octanol–water partition coefficient (Wildman–Crippen LogP) is 11.2. The number of aliphatic hydroxyl groups is 3. The minimum atomic E-state index is -1.52. The molecule has 1 aromatic heterocycles. The Morgan fingerprint density at radius 3 is 2.52 bits per heavy atom. The molecule has 0 amide bonds. The summed E-state index contributed by atoms with van der Waals surface area (Å²) >= 11 is 0. The highest BCUT2D eigenvalue weighted by molar-refractivity contribution is 5.94. The molecule has 7 aliphatic heterocycles. The van der Waals surface area contributed by atoms with Crippen LogP contribution in [0.15, 0.2) is 83.2 Å². The Balaban J connectivity index is 0.805. The number of rotatable bonds is 10. The molecule has 9 saturated carbocycles. The number of hydrogen-bond acceptors (Lipinski definition) is 13. The molecule has 5 saturated heterocycles. The maximum absolute atomic E-state index is 17.7. The van der Waals surface area contributed by atoms with Crippen molar-refractivity contribution in [1.29, 1.82) is 0 Å². The molecule has 5 bridgehead atoms. The number of allylic oxidation sites excluding steroid dienone is 3. The zero-order valence-corrected chi connectivity index (χ0v) is 53.5. The Kier molecular flexibility index (Phi) is 12.4. The van der Waals surface area contributed by atoms with Gasteiger partial charge in [-0.15, -0.1) is 0 Å². The smallest absolute Gasteiger partial charge is 0.339 e. The predicted molar refractivity (Wildman–Crippen MR) is 333 cm³/mol. The average molecular weight is 1230 g/mol. The molecular formula is C77H98N2O11. The molecule has 10 aliphatic carbocycles. The lowest BCUT2D eigenvalue weighted by Gasteiger charge is -2.72. The third kappa shape index (κ3) is 6.95. The van der Waals surface area contributed by atoms with Crippen molar-refractivity contribution in [1.82, 2.24) is 10.2 Å². The van der Waals surface area contributed by atoms with Gasteiger partial charge in [0.05, 0.1) is 48.5 Å². The molecule has 28 unspecified atom stereocenters. The second-order valence-electron chi connectivity index (χ2n) is 34.5. The summed E-state index contributed by atoms with van der Waals surface area (Å²) < 4.78 is 37.3. The van der Waals surface area contributed by atoms with Gasteiger partial charge >= 0.3 is 11.9 Å². The van der Waals surface area contributed by atoms with E-state index in [0.717, 1.165) is 109 Å². The van der Waals surface area contributed by atoms with E-state index in [1.165, 1.54) is 49.7 Å². The topological polar surface area (TPSA) is 181 Å². The van der Waals surface area contributed by atoms with Gasteiger partial charge in [-0.3, -0.25) is 14.9 Å². The molecule has 19 rings (SSSR count). The lowest BCUT2D eigenvalue weighted by Crippen LogP contribution is -2.82. The third-order valence-corrected chi connectivity index (χ3v) is 31.5. The Hall–Kier alpha value is -4.11. The van der Waals surface area contributed by atoms with E-state index in [9.17, 15) is 15.3 Å². The first-order chi connectivity index (χ1) is 43.6. The van der Waals surface area contributed by atoms with Crippen LogP contribution in [-0.2, 0) is 46.2 Å². The van der Waals surface area contributed by atoms with Crippen LogP contribution in [0.25, 0.3) is 0 Å². The number of hydrogen-bond donors (Lipinski definition) is 4. The molecule has 28 atom stereocenters. The fourth-order valence-electron chi connectivity index (χ4n) is 29.0. The number of carbonyl (C=O) groups is 3. The van der Waals surface area contributed by atoms with Crippen molar-refractivity contribution in [2.45, 2.75) is 209 Å². The number of benzene rings is 1. The number of carbonyl (C=O) groups excluding carboxylic acids is 3. The van der Waals surface area contributed by atoms with Crippen LogP contribution in [0.1, 0.15) is 172 Å². The van der Waals surface area contributed by atoms with Gasteiger partial charge in [-0.2, -0.15) is 0 Å². The summed E-state index contributed by atoms with van der Waals surface area (Å²) in [4.78, 5) is 52.2. The van der Waals surface area contributed by atoms with E-state index in [1.54, 1.807) is 6.26 Å². The van der Waals surface area contributed by atoms with E-state index in [-0.39, 0.29) is 77.7 Å². The molecule has 17 aliphatic rings. The highest BCUT2D eigenvalue weighted by atomic mass is 16.7. The van der Waals surface area contributed by atoms with Crippen molar-refractivity contribution in [3.63, 3.8) is 0 Å². The number of aliphatic hydroxyl groups excluding tert-OH is 3. The van der Waals surface area contributed by atoms with Crippen LogP contribution in [-0.4, -0.2) is 106 Å². The summed E-state index contributed by atoms with van der Waals surface area (Å²) in [6.07, 6.45) is 30.9. The van der Waals surface area contributed by atoms with Crippen molar-refractivity contribution < 1.29 is 53.1 Å². The first-order valence-electron chi connectivity index (χ1n) is 36.5. The zero-order valence-electron chi connectivity index (χ0n) is 53.5. The lowest BCUT2D eigenvalue weighted by atomic mass is 9.29. The lowest BCUT2D eigenvalue weighted by molar-refractivity contribution is -0.300. The number of Topliss-reactive ketones (excluding diaryl/α,β-unsaturated/α-hetero) is 1. The maximum Gasteiger partial charge on any atom is 0.339 e. The molecule has 14 fully saturated rings. The van der Waals surface area contributed by atoms with E-state index in [2.05, 4.69) is 91.8 Å². The van der Waals surface area contributed by atoms with Gasteiger partial charge in [-0.25, -0.2) is 4.79 Å². The number of epoxide rings is 1. The molecule has 482 valence electrons. The molecule has 0 radical (unpaired) electrons. The second-order valence-corrected chi connectivity index (χ2v) is 34.5. The van der Waals surface area contributed by atoms with Crippen molar-refractivity contribution in [3.8, 4) is 0 Å². The van der Waals surface area contributed by atoms with Gasteiger partial charge in [0.25, 0.3) is 0 Å². The molecule has 5 spiro atoms. The van der Waals surface area contributed by atoms with Crippen molar-refractivity contribution in [2.75, 3.05) is 26.4 Å². The minimum absolute atomic E-state index is 0.0426. The third-order valence-electron chi connectivity index (χ3n) is 31.5. The Bertz CT molecular complexity index is 3390. The van der Waals surface area contributed by atoms with E-state index >= 15 is 14.4 Å². The zero-order chi connectivity index (χ0) is 60.9. The van der Waals surface area contributed by atoms with Gasteiger partial charge in [0, 0.05) is 41.3 Å². The van der Waals surface area contributed by atoms with Gasteiger partial charge in [0.15, 0.2) is 11.9 Å². The van der Waals surface area contributed by atoms with Crippen LogP contribution in [0.2, 0.25) is 0 Å². The largest absolute Gasteiger partial charge is 0.469 e. The maximum atomic E-state index is 17.7. The minimum Gasteiger partial charge on any atom is -0.469 e. The van der Waals surface area contributed by atoms with E-state index in [1.807, 2.05) is 6.07 Å². The number of cyclic esters (lactones) is 2. The van der Waals surface area contributed by atoms with Crippen LogP contribution in [0.4, 0.5) is 0 Å². The summed E-state index contributed by atoms with van der Waals surface area (Å²) in [5.41, 5.74) is -4.16. The summed E-state index contributed by atoms with van der Waals surface area (Å²) in [7, 11) is 0. The number of nitrogens with one attached hydrogen (secondary N) is 1. The molecule has 90 heavy (non-hydrogen) atoms. The van der Waals surface area contributed by atoms with Crippen LogP contribution < -0.4 is 5.32 Å². The Morgan fingerprint density at radius 1 is 0.833 bits per heavy atom. The summed E-state index contributed by atoms with van der Waals surface area (Å²) in [5.74, 6) is 0.0862. The van der Waals surface area contributed by atoms with Crippen LogP contribution in [0.3, 0.4) is 0 Å². The fourth-order valence-corrected chi connectivity index (χ4v) is 29.0. The quantitative estimate of drug-likeness (QED) is 0.100. The number of nitrogens with zero attached hydrogens (tertiary/aromatic N) is 1. The Labute approximate surface area is 531 Å². The molecule has 2 aromatic rings. The van der Waals surface area contributed by atoms with E-state index < -0.39 is 86.6 Å². The van der Waals surface area contributed by atoms with Gasteiger partial charge in [-0.05, 0) is 214 Å². The molecule has 13 heteroatoms. The number of ketones is 1. The monoisotopic (exact) mass is 1230 g/mol. The van der Waals surface area contributed by atoms with Crippen LogP contribution >= 0.6 is 0 Å². The highest BCUT2D eigenvalue weighted by Gasteiger charge is 2.99. The standard InChI is InChI=1S/C77H98N2O11/c1-42-52-17-8-7-15-45(52)18-20-53(42)57-32-50-31-51-36-72(24-9-10-25-72)39-73(51)35-48-34-70(2)66(55-23-27-86-60(55)33-56(59(81)38-80)46-19-21-54-47(30-46)22-26-79-41-78-37-58(54)79)88-69(85)67-77(70,89-67)75(49-16-11-14-44(29-49)28-43-12-5-4-6-13-43)62(48)74-40-87-68(84)64(73)76(50,74)90-71(57,3)63(74)61(82)65(75)83/h4-6,12-13,18,20,22-23,26-27,32,42,44-49,51-54,56-59,62-67,78,80-81,83H,7-11,14-17,19,21,24-25,28-31,33-41H2,1-3H3. The van der Waals surface area contributed by atoms with Crippen molar-refractivity contribution >= 4 is 17.7 Å². The number of esters is 2. The summed E-state index contributed by atoms with van der Waals surface area (Å²) in [6.45, 7) is 8.55. The molecule has 4 N–H and O–H groups in total. The number of fused-ring (bicyclic) bond motifs is 6. The molecular weight excluding hydrogens is 1130 g/mol. The van der Waals surface area contributed by atoms with Gasteiger partial charge < -0.3 is 43.6 Å². The molecule has 13 nitrogen and oxygen atoms in total. The molecule has 8 heterocycles. The first kappa shape index (κ1) is 57.3. The Morgan fingerprint density at radius 2 is 1.68 bits per heavy atom. The summed E-state index contributed by atoms with van der Waals surface area (Å²) in [6, 6.07) is 13.3. The highest BCUT2D eigenvalue weighted by Crippen LogP contribution is 2.91. The summed E-state index contributed by atoms with van der Waals surface area (Å²) in [5, 5.41) is 41.5. The average Bonchev–Trinajstić information content (AvgIpc) is 1.41. The second kappa shape index (κ2) is 19.5. The normalized spacial score (nSPS) is 52.2. The number of ether oxygens (including phenoxy) is 4. The van der Waals surface area contributed by atoms with Gasteiger partial charge in [0.1, 0.15) is 35.8 Å². The molecule has 1 aromatic carbocycles. The van der Waals surface area contributed by atoms with Crippen LogP contribution in [0.5, 0.6) is 0 Å². The van der Waals surface area contributed by atoms with E-state index in [4.69, 9.17) is 23.4 Å². The first-order valence-corrected chi connectivity index (χ1v) is 36.5. The van der Waals surface area contributed by atoms with Gasteiger partial charge in [0.2, 0.25) is 0 Å².